The van der Waals surface area contributed by atoms with Crippen LogP contribution in [0, 0.1) is 0 Å². The summed E-state index contributed by atoms with van der Waals surface area (Å²) in [6.45, 7) is 1.81. The van der Waals surface area contributed by atoms with Crippen molar-refractivity contribution in [2.45, 2.75) is 25.0 Å². The molecule has 1 atom stereocenters. The summed E-state index contributed by atoms with van der Waals surface area (Å²) >= 11 is 5.94. The first-order valence-corrected chi connectivity index (χ1v) is 8.80. The van der Waals surface area contributed by atoms with Gasteiger partial charge in [-0.1, -0.05) is 30.2 Å². The average Bonchev–Trinajstić information content (AvgIpc) is 2.50. The zero-order valence-corrected chi connectivity index (χ0v) is 13.6. The molecule has 1 heterocycles. The number of nitrogens with zero attached hydrogens (tertiary/aromatic N) is 1. The lowest BCUT2D eigenvalue weighted by atomic mass is 10.1. The fraction of sp³-hybridized carbons (Fsp3) is 0.571. The molecular weight excluding hydrogens is 297 g/mol. The molecule has 0 aromatic heterocycles. The maximum atomic E-state index is 12.9. The van der Waals surface area contributed by atoms with E-state index in [1.54, 1.807) is 0 Å². The molecule has 0 N–H and O–H groups in total. The molecule has 1 aliphatic rings. The summed E-state index contributed by atoms with van der Waals surface area (Å²) in [5.74, 6) is -0.366. The van der Waals surface area contributed by atoms with Gasteiger partial charge in [0.25, 0.3) is 0 Å². The largest absolute Gasteiger partial charge is 0.351 e. The molecule has 4 nitrogen and oxygen atoms in total. The molecule has 112 valence electrons. The molecule has 0 aliphatic carbocycles. The van der Waals surface area contributed by atoms with Crippen molar-refractivity contribution in [1.29, 1.82) is 0 Å². The van der Waals surface area contributed by atoms with Crippen molar-refractivity contribution >= 4 is 19.2 Å². The summed E-state index contributed by atoms with van der Waals surface area (Å²) in [6, 6.07) is 7.41. The van der Waals surface area contributed by atoms with E-state index >= 15 is 0 Å². The standard InChI is InChI=1S/C14H21ClNO3P/c1-18-20(17,19-2)14(16-10-4-3-5-11-16)12-6-8-13(15)9-7-12/h6-9,14H,3-5,10-11H2,1-2H3. The van der Waals surface area contributed by atoms with Gasteiger partial charge in [0.2, 0.25) is 0 Å². The van der Waals surface area contributed by atoms with Crippen LogP contribution in [-0.2, 0) is 13.6 Å². The summed E-state index contributed by atoms with van der Waals surface area (Å²) in [7, 11) is -0.331. The van der Waals surface area contributed by atoms with Gasteiger partial charge in [-0.2, -0.15) is 0 Å². The molecule has 1 aromatic rings. The molecule has 2 rings (SSSR count). The summed E-state index contributed by atoms with van der Waals surface area (Å²) < 4.78 is 23.4. The Labute approximate surface area is 125 Å². The predicted molar refractivity (Wildman–Crippen MR) is 81.2 cm³/mol. The average molecular weight is 318 g/mol. The second-order valence-corrected chi connectivity index (χ2v) is 7.66. The minimum absolute atomic E-state index is 0.366. The number of rotatable bonds is 5. The zero-order chi connectivity index (χ0) is 14.6. The highest BCUT2D eigenvalue weighted by atomic mass is 35.5. The van der Waals surface area contributed by atoms with Gasteiger partial charge >= 0.3 is 7.60 Å². The Kier molecular flexibility index (Phi) is 5.65. The first-order valence-electron chi connectivity index (χ1n) is 6.81. The van der Waals surface area contributed by atoms with Crippen LogP contribution in [0.2, 0.25) is 5.02 Å². The third-order valence-corrected chi connectivity index (χ3v) is 6.21. The highest BCUT2D eigenvalue weighted by molar-refractivity contribution is 7.54. The third-order valence-electron chi connectivity index (χ3n) is 3.71. The molecular formula is C14H21ClNO3P. The van der Waals surface area contributed by atoms with Gasteiger partial charge in [0, 0.05) is 19.2 Å². The van der Waals surface area contributed by atoms with E-state index in [0.29, 0.717) is 5.02 Å². The Morgan fingerprint density at radius 1 is 1.10 bits per heavy atom. The van der Waals surface area contributed by atoms with E-state index in [9.17, 15) is 4.57 Å². The Morgan fingerprint density at radius 3 is 2.15 bits per heavy atom. The Bertz CT molecular complexity index is 466. The molecule has 0 amide bonds. The molecule has 6 heteroatoms. The topological polar surface area (TPSA) is 38.8 Å². The molecule has 1 unspecified atom stereocenters. The number of hydrogen-bond donors (Lipinski definition) is 0. The highest BCUT2D eigenvalue weighted by Gasteiger charge is 2.40. The predicted octanol–water partition coefficient (Wildman–Crippen LogP) is 4.31. The molecule has 1 saturated heterocycles. The summed E-state index contributed by atoms with van der Waals surface area (Å²) in [5.41, 5.74) is 0.920. The normalized spacial score (nSPS) is 18.9. The van der Waals surface area contributed by atoms with Gasteiger partial charge in [-0.15, -0.1) is 0 Å². The van der Waals surface area contributed by atoms with E-state index in [2.05, 4.69) is 4.90 Å². The molecule has 0 bridgehead atoms. The lowest BCUT2D eigenvalue weighted by molar-refractivity contribution is 0.165. The van der Waals surface area contributed by atoms with Crippen LogP contribution in [-0.4, -0.2) is 32.2 Å². The van der Waals surface area contributed by atoms with Crippen LogP contribution in [0.4, 0.5) is 0 Å². The SMILES string of the molecule is COP(=O)(OC)C(c1ccc(Cl)cc1)N1CCCCC1. The summed E-state index contributed by atoms with van der Waals surface area (Å²) in [6.07, 6.45) is 3.43. The number of halogens is 1. The van der Waals surface area contributed by atoms with Crippen molar-refractivity contribution in [3.63, 3.8) is 0 Å². The molecule has 0 saturated carbocycles. The maximum absolute atomic E-state index is 12.9. The smallest absolute Gasteiger partial charge is 0.311 e. The van der Waals surface area contributed by atoms with Crippen molar-refractivity contribution < 1.29 is 13.6 Å². The first kappa shape index (κ1) is 16.0. The van der Waals surface area contributed by atoms with Crippen LogP contribution in [0.15, 0.2) is 24.3 Å². The van der Waals surface area contributed by atoms with Crippen molar-refractivity contribution in [2.75, 3.05) is 27.3 Å². The third kappa shape index (κ3) is 3.44. The lowest BCUT2D eigenvalue weighted by Crippen LogP contribution is -2.34. The van der Waals surface area contributed by atoms with Crippen LogP contribution < -0.4 is 0 Å². The van der Waals surface area contributed by atoms with Gasteiger partial charge in [0.15, 0.2) is 0 Å². The van der Waals surface area contributed by atoms with Crippen molar-refractivity contribution in [1.82, 2.24) is 4.90 Å². The van der Waals surface area contributed by atoms with E-state index in [0.717, 1.165) is 31.5 Å². The second kappa shape index (κ2) is 7.06. The van der Waals surface area contributed by atoms with Gasteiger partial charge in [0.05, 0.1) is 0 Å². The summed E-state index contributed by atoms with van der Waals surface area (Å²) in [5, 5.41) is 0.663. The van der Waals surface area contributed by atoms with Crippen LogP contribution in [0.25, 0.3) is 0 Å². The number of piperidine rings is 1. The van der Waals surface area contributed by atoms with E-state index in [1.807, 2.05) is 24.3 Å². The zero-order valence-electron chi connectivity index (χ0n) is 11.9. The van der Waals surface area contributed by atoms with Crippen molar-refractivity contribution in [2.24, 2.45) is 0 Å². The van der Waals surface area contributed by atoms with Gasteiger partial charge in [-0.3, -0.25) is 9.46 Å². The molecule has 1 aliphatic heterocycles. The van der Waals surface area contributed by atoms with Gasteiger partial charge in [-0.25, -0.2) is 0 Å². The second-order valence-electron chi connectivity index (χ2n) is 4.93. The van der Waals surface area contributed by atoms with Gasteiger partial charge < -0.3 is 9.05 Å². The Morgan fingerprint density at radius 2 is 1.65 bits per heavy atom. The molecule has 0 spiro atoms. The van der Waals surface area contributed by atoms with Crippen LogP contribution in [0.3, 0.4) is 0 Å². The van der Waals surface area contributed by atoms with Crippen LogP contribution in [0.1, 0.15) is 30.6 Å². The summed E-state index contributed by atoms with van der Waals surface area (Å²) in [4.78, 5) is 2.19. The van der Waals surface area contributed by atoms with Crippen molar-refractivity contribution in [3.05, 3.63) is 34.9 Å². The fourth-order valence-electron chi connectivity index (χ4n) is 2.67. The van der Waals surface area contributed by atoms with E-state index < -0.39 is 7.60 Å². The van der Waals surface area contributed by atoms with Gasteiger partial charge in [0.1, 0.15) is 5.78 Å². The molecule has 1 fully saturated rings. The quantitative estimate of drug-likeness (QED) is 0.759. The fourth-order valence-corrected chi connectivity index (χ4v) is 4.51. The Balaban J connectivity index is 2.37. The Hall–Kier alpha value is -0.380. The monoisotopic (exact) mass is 317 g/mol. The minimum atomic E-state index is -3.21. The lowest BCUT2D eigenvalue weighted by Gasteiger charge is -2.37. The molecule has 20 heavy (non-hydrogen) atoms. The first-order chi connectivity index (χ1) is 9.60. The van der Waals surface area contributed by atoms with Crippen LogP contribution >= 0.6 is 19.2 Å². The minimum Gasteiger partial charge on any atom is -0.311 e. The number of benzene rings is 1. The van der Waals surface area contributed by atoms with Crippen molar-refractivity contribution in [3.8, 4) is 0 Å². The molecule has 1 aromatic carbocycles. The van der Waals surface area contributed by atoms with E-state index in [-0.39, 0.29) is 5.78 Å². The maximum Gasteiger partial charge on any atom is 0.351 e. The molecule has 0 radical (unpaired) electrons. The van der Waals surface area contributed by atoms with E-state index in [4.69, 9.17) is 20.6 Å². The number of hydrogen-bond acceptors (Lipinski definition) is 4. The highest BCUT2D eigenvalue weighted by Crippen LogP contribution is 2.61. The van der Waals surface area contributed by atoms with Gasteiger partial charge in [-0.05, 0) is 43.6 Å². The van der Waals surface area contributed by atoms with E-state index in [1.165, 1.54) is 20.6 Å². The van der Waals surface area contributed by atoms with Crippen LogP contribution in [0.5, 0.6) is 0 Å². The number of likely N-dealkylation sites (tertiary alicyclic amines) is 1.